The molecule has 3 aromatic rings. The molecule has 0 bridgehead atoms. The zero-order chi connectivity index (χ0) is 18.8. The Morgan fingerprint density at radius 1 is 1.04 bits per heavy atom. The topological polar surface area (TPSA) is 74.8 Å². The number of carbonyl (C=O) groups excluding carboxylic acids is 1. The van der Waals surface area contributed by atoms with Gasteiger partial charge in [-0.3, -0.25) is 4.79 Å². The molecule has 0 aliphatic carbocycles. The van der Waals surface area contributed by atoms with E-state index in [4.69, 9.17) is 4.42 Å². The van der Waals surface area contributed by atoms with E-state index >= 15 is 0 Å². The van der Waals surface area contributed by atoms with Crippen LogP contribution in [0.2, 0.25) is 0 Å². The van der Waals surface area contributed by atoms with Gasteiger partial charge in [0, 0.05) is 16.1 Å². The number of furan rings is 1. The fourth-order valence-electron chi connectivity index (χ4n) is 2.45. The molecule has 1 fully saturated rings. The Balaban J connectivity index is 1.53. The van der Waals surface area contributed by atoms with Gasteiger partial charge in [0.1, 0.15) is 17.3 Å². The maximum Gasteiger partial charge on any atom is 0.264 e. The zero-order valence-electron chi connectivity index (χ0n) is 13.8. The highest BCUT2D eigenvalue weighted by atomic mass is 79.9. The quantitative estimate of drug-likeness (QED) is 0.541. The number of aromatic hydroxyl groups is 1. The lowest BCUT2D eigenvalue weighted by Crippen LogP contribution is -2.19. The van der Waals surface area contributed by atoms with Crippen molar-refractivity contribution in [2.24, 2.45) is 4.99 Å². The number of amides is 1. The third kappa shape index (κ3) is 4.15. The van der Waals surface area contributed by atoms with Crippen LogP contribution in [0.4, 0.5) is 5.69 Å². The largest absolute Gasteiger partial charge is 0.508 e. The number of hydrogen-bond acceptors (Lipinski definition) is 5. The predicted octanol–water partition coefficient (Wildman–Crippen LogP) is 5.31. The Bertz CT molecular complexity index is 1050. The van der Waals surface area contributed by atoms with Crippen LogP contribution in [-0.4, -0.2) is 16.2 Å². The number of phenols is 1. The Hall–Kier alpha value is -2.77. The van der Waals surface area contributed by atoms with Crippen molar-refractivity contribution in [1.29, 1.82) is 0 Å². The molecule has 1 aromatic heterocycles. The summed E-state index contributed by atoms with van der Waals surface area (Å²) in [7, 11) is 0. The number of rotatable bonds is 3. The molecule has 27 heavy (non-hydrogen) atoms. The summed E-state index contributed by atoms with van der Waals surface area (Å²) >= 11 is 4.65. The fourth-order valence-corrected chi connectivity index (χ4v) is 3.54. The first-order valence-corrected chi connectivity index (χ1v) is 9.62. The van der Waals surface area contributed by atoms with Crippen LogP contribution in [0.1, 0.15) is 5.76 Å². The molecule has 2 aromatic carbocycles. The van der Waals surface area contributed by atoms with E-state index in [-0.39, 0.29) is 11.7 Å². The summed E-state index contributed by atoms with van der Waals surface area (Å²) in [5, 5.41) is 12.5. The molecule has 0 spiro atoms. The van der Waals surface area contributed by atoms with Crippen molar-refractivity contribution in [2.45, 2.75) is 0 Å². The molecule has 0 radical (unpaired) electrons. The third-order valence-electron chi connectivity index (χ3n) is 3.76. The smallest absolute Gasteiger partial charge is 0.264 e. The molecule has 2 heterocycles. The van der Waals surface area contributed by atoms with Gasteiger partial charge in [0.25, 0.3) is 5.91 Å². The van der Waals surface area contributed by atoms with Gasteiger partial charge in [-0.15, -0.1) is 0 Å². The molecule has 1 aliphatic heterocycles. The monoisotopic (exact) mass is 440 g/mol. The third-order valence-corrected chi connectivity index (χ3v) is 5.20. The number of carbonyl (C=O) groups is 1. The van der Waals surface area contributed by atoms with E-state index < -0.39 is 0 Å². The second-order valence-electron chi connectivity index (χ2n) is 5.71. The first-order valence-electron chi connectivity index (χ1n) is 8.01. The van der Waals surface area contributed by atoms with Gasteiger partial charge in [0.15, 0.2) is 5.17 Å². The first kappa shape index (κ1) is 17.6. The van der Waals surface area contributed by atoms with Crippen molar-refractivity contribution in [1.82, 2.24) is 5.32 Å². The van der Waals surface area contributed by atoms with Gasteiger partial charge in [-0.1, -0.05) is 28.1 Å². The van der Waals surface area contributed by atoms with Crippen molar-refractivity contribution in [2.75, 3.05) is 0 Å². The summed E-state index contributed by atoms with van der Waals surface area (Å²) in [5.41, 5.74) is 1.60. The lowest BCUT2D eigenvalue weighted by atomic mass is 10.2. The van der Waals surface area contributed by atoms with E-state index in [0.29, 0.717) is 21.5 Å². The van der Waals surface area contributed by atoms with Gasteiger partial charge in [-0.05, 0) is 60.3 Å². The molecule has 1 saturated heterocycles. The van der Waals surface area contributed by atoms with E-state index in [2.05, 4.69) is 26.2 Å². The molecule has 1 amide bonds. The first-order chi connectivity index (χ1) is 13.1. The number of nitrogens with zero attached hydrogens (tertiary/aromatic N) is 1. The molecular formula is C20H13BrN2O3S. The molecule has 134 valence electrons. The Morgan fingerprint density at radius 3 is 2.52 bits per heavy atom. The highest BCUT2D eigenvalue weighted by Crippen LogP contribution is 2.30. The lowest BCUT2D eigenvalue weighted by Gasteiger charge is -1.97. The second kappa shape index (κ2) is 7.46. The predicted molar refractivity (Wildman–Crippen MR) is 111 cm³/mol. The van der Waals surface area contributed by atoms with Crippen LogP contribution < -0.4 is 5.32 Å². The molecule has 0 unspecified atom stereocenters. The van der Waals surface area contributed by atoms with E-state index in [0.717, 1.165) is 15.8 Å². The molecule has 4 rings (SSSR count). The summed E-state index contributed by atoms with van der Waals surface area (Å²) in [6.07, 6.45) is 1.70. The fraction of sp³-hybridized carbons (Fsp3) is 0. The minimum absolute atomic E-state index is 0.169. The van der Waals surface area contributed by atoms with Crippen LogP contribution in [0.5, 0.6) is 5.75 Å². The van der Waals surface area contributed by atoms with Gasteiger partial charge in [-0.25, -0.2) is 4.99 Å². The summed E-state index contributed by atoms with van der Waals surface area (Å²) in [6, 6.07) is 17.9. The normalized spacial score (nSPS) is 16.9. The van der Waals surface area contributed by atoms with Crippen LogP contribution in [-0.2, 0) is 4.79 Å². The molecule has 5 nitrogen and oxygen atoms in total. The van der Waals surface area contributed by atoms with Crippen molar-refractivity contribution < 1.29 is 14.3 Å². The summed E-state index contributed by atoms with van der Waals surface area (Å²) in [5.74, 6) is 1.27. The SMILES string of the molecule is O=C1NC(=Nc2ccc(O)cc2)S/C1=C/c1ccc(-c2ccc(Br)cc2)o1. The van der Waals surface area contributed by atoms with E-state index in [1.807, 2.05) is 36.4 Å². The van der Waals surface area contributed by atoms with Crippen LogP contribution in [0.15, 0.2) is 79.5 Å². The van der Waals surface area contributed by atoms with Gasteiger partial charge >= 0.3 is 0 Å². The van der Waals surface area contributed by atoms with Crippen LogP contribution in [0, 0.1) is 0 Å². The highest BCUT2D eigenvalue weighted by Gasteiger charge is 2.24. The Morgan fingerprint density at radius 2 is 1.78 bits per heavy atom. The average Bonchev–Trinajstić information content (AvgIpc) is 3.25. The van der Waals surface area contributed by atoms with Gasteiger partial charge in [0.05, 0.1) is 10.6 Å². The number of phenolic OH excluding ortho intramolecular Hbond substituents is 1. The van der Waals surface area contributed by atoms with Crippen LogP contribution in [0.3, 0.4) is 0 Å². The standard InChI is InChI=1S/C20H13BrN2O3S/c21-13-3-1-12(2-4-13)17-10-9-16(26-17)11-18-19(25)23-20(27-18)22-14-5-7-15(24)8-6-14/h1-11,24H,(H,22,23,25)/b18-11+. The number of nitrogens with one attached hydrogen (secondary N) is 1. The molecule has 2 N–H and O–H groups in total. The highest BCUT2D eigenvalue weighted by molar-refractivity contribution is 9.10. The van der Waals surface area contributed by atoms with Crippen LogP contribution in [0.25, 0.3) is 17.4 Å². The van der Waals surface area contributed by atoms with E-state index in [1.54, 1.807) is 30.3 Å². The van der Waals surface area contributed by atoms with E-state index in [1.165, 1.54) is 11.8 Å². The molecule has 0 saturated carbocycles. The summed E-state index contributed by atoms with van der Waals surface area (Å²) < 4.78 is 6.83. The van der Waals surface area contributed by atoms with Crippen molar-refractivity contribution in [3.05, 3.63) is 75.8 Å². The van der Waals surface area contributed by atoms with E-state index in [9.17, 15) is 9.90 Å². The van der Waals surface area contributed by atoms with Gasteiger partial charge in [-0.2, -0.15) is 0 Å². The Labute approximate surface area is 167 Å². The second-order valence-corrected chi connectivity index (χ2v) is 7.65. The lowest BCUT2D eigenvalue weighted by molar-refractivity contribution is -0.115. The maximum absolute atomic E-state index is 12.2. The van der Waals surface area contributed by atoms with Gasteiger partial charge in [0.2, 0.25) is 0 Å². The molecular weight excluding hydrogens is 428 g/mol. The van der Waals surface area contributed by atoms with Crippen molar-refractivity contribution >= 4 is 50.5 Å². The van der Waals surface area contributed by atoms with Crippen LogP contribution >= 0.6 is 27.7 Å². The summed E-state index contributed by atoms with van der Waals surface area (Å²) in [6.45, 7) is 0. The average molecular weight is 441 g/mol. The maximum atomic E-state index is 12.2. The number of amidine groups is 1. The summed E-state index contributed by atoms with van der Waals surface area (Å²) in [4.78, 5) is 17.0. The zero-order valence-corrected chi connectivity index (χ0v) is 16.3. The number of thioether (sulfide) groups is 1. The number of halogens is 1. The molecule has 7 heteroatoms. The number of hydrogen-bond donors (Lipinski definition) is 2. The van der Waals surface area contributed by atoms with Crippen molar-refractivity contribution in [3.63, 3.8) is 0 Å². The Kier molecular flexibility index (Phi) is 4.87. The van der Waals surface area contributed by atoms with Gasteiger partial charge < -0.3 is 14.8 Å². The van der Waals surface area contributed by atoms with Crippen molar-refractivity contribution in [3.8, 4) is 17.1 Å². The molecule has 0 atom stereocenters. The minimum atomic E-state index is -0.223. The number of benzene rings is 2. The molecule has 1 aliphatic rings. The number of aliphatic imine (C=N–C) groups is 1. The minimum Gasteiger partial charge on any atom is -0.508 e.